The van der Waals surface area contributed by atoms with Gasteiger partial charge in [-0.25, -0.2) is 19.9 Å². The number of para-hydroxylation sites is 1. The molecule has 0 N–H and O–H groups in total. The molecule has 0 spiro atoms. The number of hydrogen-bond donors (Lipinski definition) is 0. The lowest BCUT2D eigenvalue weighted by Gasteiger charge is -2.09. The van der Waals surface area contributed by atoms with E-state index >= 15 is 0 Å². The first-order valence-corrected chi connectivity index (χ1v) is 13.6. The molecular formula is C34H22N4S. The monoisotopic (exact) mass is 518 g/mol. The minimum Gasteiger partial charge on any atom is -0.236 e. The maximum absolute atomic E-state index is 4.84. The van der Waals surface area contributed by atoms with Gasteiger partial charge < -0.3 is 0 Å². The molecular weight excluding hydrogens is 496 g/mol. The Kier molecular flexibility index (Phi) is 5.96. The number of hydrogen-bond acceptors (Lipinski definition) is 5. The molecule has 0 atom stereocenters. The van der Waals surface area contributed by atoms with Crippen LogP contribution in [0.1, 0.15) is 0 Å². The third-order valence-electron chi connectivity index (χ3n) is 6.60. The Morgan fingerprint density at radius 3 is 1.26 bits per heavy atom. The lowest BCUT2D eigenvalue weighted by atomic mass is 10.0. The van der Waals surface area contributed by atoms with Crippen molar-refractivity contribution in [3.63, 3.8) is 0 Å². The highest BCUT2D eigenvalue weighted by Crippen LogP contribution is 2.32. The molecule has 0 amide bonds. The molecule has 7 aromatic rings. The van der Waals surface area contributed by atoms with Crippen LogP contribution >= 0.6 is 11.3 Å². The Morgan fingerprint density at radius 1 is 0.333 bits per heavy atom. The van der Waals surface area contributed by atoms with E-state index < -0.39 is 0 Å². The summed E-state index contributed by atoms with van der Waals surface area (Å²) in [5.74, 6) is 1.98. The summed E-state index contributed by atoms with van der Waals surface area (Å²) in [5, 5.41) is 1.04. The maximum Gasteiger partial charge on any atom is 0.164 e. The first kappa shape index (κ1) is 23.1. The van der Waals surface area contributed by atoms with Crippen molar-refractivity contribution < 1.29 is 0 Å². The SMILES string of the molecule is c1ccc(-c2nc(-c3ccccc3)nc(-c3ccc(-c4ccc(-c5nc6ccccc6s5)cc4)cc3)n2)cc1. The number of nitrogens with zero attached hydrogens (tertiary/aromatic N) is 4. The quantitative estimate of drug-likeness (QED) is 0.228. The van der Waals surface area contributed by atoms with Crippen molar-refractivity contribution in [3.05, 3.63) is 133 Å². The molecule has 0 aliphatic heterocycles. The highest BCUT2D eigenvalue weighted by molar-refractivity contribution is 7.21. The van der Waals surface area contributed by atoms with Gasteiger partial charge in [-0.2, -0.15) is 0 Å². The van der Waals surface area contributed by atoms with Crippen LogP contribution in [0.5, 0.6) is 0 Å². The fourth-order valence-electron chi connectivity index (χ4n) is 4.55. The van der Waals surface area contributed by atoms with E-state index in [0.717, 1.165) is 43.9 Å². The Balaban J connectivity index is 1.21. The van der Waals surface area contributed by atoms with Crippen molar-refractivity contribution in [1.29, 1.82) is 0 Å². The van der Waals surface area contributed by atoms with Crippen LogP contribution in [0.15, 0.2) is 133 Å². The minimum absolute atomic E-state index is 0.653. The fourth-order valence-corrected chi connectivity index (χ4v) is 5.52. The fraction of sp³-hybridized carbons (Fsp3) is 0. The van der Waals surface area contributed by atoms with Crippen molar-refractivity contribution >= 4 is 21.6 Å². The van der Waals surface area contributed by atoms with Gasteiger partial charge in [0.2, 0.25) is 0 Å². The predicted octanol–water partition coefficient (Wildman–Crippen LogP) is 8.82. The Morgan fingerprint density at radius 2 is 0.744 bits per heavy atom. The number of aromatic nitrogens is 4. The molecule has 4 nitrogen and oxygen atoms in total. The molecule has 5 heteroatoms. The van der Waals surface area contributed by atoms with Gasteiger partial charge in [0.15, 0.2) is 17.5 Å². The second-order valence-corrected chi connectivity index (χ2v) is 10.2. The van der Waals surface area contributed by atoms with Gasteiger partial charge in [-0.3, -0.25) is 0 Å². The van der Waals surface area contributed by atoms with E-state index in [1.54, 1.807) is 11.3 Å². The standard InChI is InChI=1S/C34H22N4S/c1-3-9-25(10-4-1)31-36-32(26-11-5-2-6-12-26)38-33(37-31)27-19-15-23(16-20-27)24-17-21-28(22-18-24)34-35-29-13-7-8-14-30(29)39-34/h1-22H. The summed E-state index contributed by atoms with van der Waals surface area (Å²) >= 11 is 1.72. The van der Waals surface area contributed by atoms with E-state index in [0.29, 0.717) is 17.5 Å². The van der Waals surface area contributed by atoms with Crippen LogP contribution in [-0.2, 0) is 0 Å². The van der Waals surface area contributed by atoms with Crippen LogP contribution in [0.4, 0.5) is 0 Å². The predicted molar refractivity (Wildman–Crippen MR) is 160 cm³/mol. The summed E-state index contributed by atoms with van der Waals surface area (Å²) in [6, 6.07) is 45.3. The molecule has 0 aliphatic carbocycles. The van der Waals surface area contributed by atoms with E-state index in [1.165, 1.54) is 4.70 Å². The topological polar surface area (TPSA) is 51.6 Å². The van der Waals surface area contributed by atoms with E-state index in [1.807, 2.05) is 66.7 Å². The van der Waals surface area contributed by atoms with Crippen LogP contribution in [0, 0.1) is 0 Å². The van der Waals surface area contributed by atoms with Crippen LogP contribution in [0.3, 0.4) is 0 Å². The number of rotatable bonds is 5. The summed E-state index contributed by atoms with van der Waals surface area (Å²) in [4.78, 5) is 19.2. The smallest absolute Gasteiger partial charge is 0.164 e. The highest BCUT2D eigenvalue weighted by atomic mass is 32.1. The normalized spacial score (nSPS) is 11.1. The van der Waals surface area contributed by atoms with Gasteiger partial charge in [-0.15, -0.1) is 11.3 Å². The molecule has 184 valence electrons. The average Bonchev–Trinajstić information content (AvgIpc) is 3.46. The molecule has 0 saturated carbocycles. The Labute approximate surface area is 230 Å². The maximum atomic E-state index is 4.84. The van der Waals surface area contributed by atoms with Crippen LogP contribution in [0.25, 0.3) is 66.1 Å². The average molecular weight is 519 g/mol. The molecule has 2 heterocycles. The van der Waals surface area contributed by atoms with Gasteiger partial charge in [-0.05, 0) is 23.3 Å². The molecule has 0 unspecified atom stereocenters. The second-order valence-electron chi connectivity index (χ2n) is 9.18. The zero-order chi connectivity index (χ0) is 26.0. The third-order valence-corrected chi connectivity index (χ3v) is 7.69. The van der Waals surface area contributed by atoms with Crippen LogP contribution in [0.2, 0.25) is 0 Å². The van der Waals surface area contributed by atoms with Crippen molar-refractivity contribution in [3.8, 4) is 55.9 Å². The molecule has 2 aromatic heterocycles. The number of fused-ring (bicyclic) bond motifs is 1. The molecule has 39 heavy (non-hydrogen) atoms. The molecule has 0 saturated heterocycles. The largest absolute Gasteiger partial charge is 0.236 e. The third kappa shape index (κ3) is 4.72. The molecule has 0 aliphatic rings. The molecule has 0 bridgehead atoms. The minimum atomic E-state index is 0.653. The number of benzene rings is 5. The highest BCUT2D eigenvalue weighted by Gasteiger charge is 2.12. The van der Waals surface area contributed by atoms with Crippen LogP contribution in [-0.4, -0.2) is 19.9 Å². The zero-order valence-corrected chi connectivity index (χ0v) is 21.7. The van der Waals surface area contributed by atoms with E-state index in [2.05, 4.69) is 66.7 Å². The van der Waals surface area contributed by atoms with Gasteiger partial charge in [0.1, 0.15) is 5.01 Å². The Hall–Kier alpha value is -5.00. The molecule has 7 rings (SSSR count). The van der Waals surface area contributed by atoms with Crippen molar-refractivity contribution in [2.75, 3.05) is 0 Å². The van der Waals surface area contributed by atoms with Crippen LogP contribution < -0.4 is 0 Å². The summed E-state index contributed by atoms with van der Waals surface area (Å²) in [6.45, 7) is 0. The van der Waals surface area contributed by atoms with Gasteiger partial charge in [-0.1, -0.05) is 121 Å². The molecule has 0 fully saturated rings. The molecule has 0 radical (unpaired) electrons. The first-order chi connectivity index (χ1) is 19.3. The van der Waals surface area contributed by atoms with Crippen molar-refractivity contribution in [2.45, 2.75) is 0 Å². The first-order valence-electron chi connectivity index (χ1n) is 12.7. The Bertz CT molecular complexity index is 1790. The van der Waals surface area contributed by atoms with E-state index in [4.69, 9.17) is 19.9 Å². The van der Waals surface area contributed by atoms with Gasteiger partial charge in [0.05, 0.1) is 10.2 Å². The second kappa shape index (κ2) is 10.0. The summed E-state index contributed by atoms with van der Waals surface area (Å²) in [7, 11) is 0. The van der Waals surface area contributed by atoms with Gasteiger partial charge in [0.25, 0.3) is 0 Å². The van der Waals surface area contributed by atoms with E-state index in [9.17, 15) is 0 Å². The summed E-state index contributed by atoms with van der Waals surface area (Å²) in [5.41, 5.74) is 7.32. The van der Waals surface area contributed by atoms with E-state index in [-0.39, 0.29) is 0 Å². The van der Waals surface area contributed by atoms with Crippen molar-refractivity contribution in [1.82, 2.24) is 19.9 Å². The summed E-state index contributed by atoms with van der Waals surface area (Å²) in [6.07, 6.45) is 0. The zero-order valence-electron chi connectivity index (χ0n) is 20.9. The van der Waals surface area contributed by atoms with Crippen molar-refractivity contribution in [2.24, 2.45) is 0 Å². The lowest BCUT2D eigenvalue weighted by Crippen LogP contribution is -2.00. The number of thiazole rings is 1. The molecule has 5 aromatic carbocycles. The summed E-state index contributed by atoms with van der Waals surface area (Å²) < 4.78 is 1.20. The van der Waals surface area contributed by atoms with Gasteiger partial charge in [0, 0.05) is 22.3 Å². The van der Waals surface area contributed by atoms with Gasteiger partial charge >= 0.3 is 0 Å². The lowest BCUT2D eigenvalue weighted by molar-refractivity contribution is 1.07.